The zero-order chi connectivity index (χ0) is 20.2. The van der Waals surface area contributed by atoms with E-state index >= 15 is 0 Å². The van der Waals surface area contributed by atoms with Crippen LogP contribution in [0.2, 0.25) is 0 Å². The predicted molar refractivity (Wildman–Crippen MR) is 111 cm³/mol. The van der Waals surface area contributed by atoms with E-state index in [9.17, 15) is 4.57 Å². The zero-order valence-corrected chi connectivity index (χ0v) is 17.5. The largest absolute Gasteiger partial charge is 0.497 e. The van der Waals surface area contributed by atoms with Crippen molar-refractivity contribution in [1.29, 1.82) is 0 Å². The van der Waals surface area contributed by atoms with Gasteiger partial charge in [-0.25, -0.2) is 4.57 Å². The lowest BCUT2D eigenvalue weighted by atomic mass is 10.1. The lowest BCUT2D eigenvalue weighted by Crippen LogP contribution is -2.29. The van der Waals surface area contributed by atoms with Crippen molar-refractivity contribution in [2.75, 3.05) is 7.11 Å². The molecule has 0 saturated heterocycles. The summed E-state index contributed by atoms with van der Waals surface area (Å²) >= 11 is 0. The fourth-order valence-corrected chi connectivity index (χ4v) is 2.69. The fourth-order valence-electron chi connectivity index (χ4n) is 2.32. The molecule has 27 heavy (non-hydrogen) atoms. The maximum atomic E-state index is 11.0. The minimum atomic E-state index is -3.09. The Morgan fingerprint density at radius 1 is 1.19 bits per heavy atom. The standard InChI is InChI=1S/C14H14NO4P.C6H15N/c1-18-13-6-2-4-11(8-13)9-14(19-20(16)17)12-5-3-7-15-10-12;1-5(2)7-6(3)4/h2-10,20H,1H3,(H,16,17);5-7H,1-4H3/b14-9+;. The fraction of sp³-hybridized carbons (Fsp3) is 0.350. The molecule has 1 unspecified atom stereocenters. The lowest BCUT2D eigenvalue weighted by Gasteiger charge is -2.10. The molecule has 0 aliphatic heterocycles. The van der Waals surface area contributed by atoms with Crippen LogP contribution in [0.4, 0.5) is 0 Å². The molecule has 2 N–H and O–H groups in total. The smallest absolute Gasteiger partial charge is 0.365 e. The van der Waals surface area contributed by atoms with Gasteiger partial charge in [-0.1, -0.05) is 39.8 Å². The molecular weight excluding hydrogens is 363 g/mol. The van der Waals surface area contributed by atoms with Gasteiger partial charge in [0.15, 0.2) is 0 Å². The van der Waals surface area contributed by atoms with Crippen LogP contribution in [-0.4, -0.2) is 29.1 Å². The highest BCUT2D eigenvalue weighted by Gasteiger charge is 2.06. The molecule has 0 bridgehead atoms. The minimum Gasteiger partial charge on any atom is -0.497 e. The van der Waals surface area contributed by atoms with Gasteiger partial charge < -0.3 is 19.5 Å². The first kappa shape index (κ1) is 22.9. The first-order valence-electron chi connectivity index (χ1n) is 8.74. The second kappa shape index (κ2) is 12.3. The quantitative estimate of drug-likeness (QED) is 0.538. The number of ether oxygens (including phenoxy) is 1. The van der Waals surface area contributed by atoms with E-state index in [1.54, 1.807) is 43.8 Å². The molecule has 0 saturated carbocycles. The minimum absolute atomic E-state index is 0.290. The zero-order valence-electron chi connectivity index (χ0n) is 16.5. The monoisotopic (exact) mass is 392 g/mol. The highest BCUT2D eigenvalue weighted by molar-refractivity contribution is 7.32. The van der Waals surface area contributed by atoms with Gasteiger partial charge in [-0.05, 0) is 35.9 Å². The van der Waals surface area contributed by atoms with Gasteiger partial charge >= 0.3 is 8.25 Å². The first-order valence-corrected chi connectivity index (χ1v) is 10.0. The number of aromatic nitrogens is 1. The summed E-state index contributed by atoms with van der Waals surface area (Å²) in [6.45, 7) is 8.61. The average Bonchev–Trinajstić information content (AvgIpc) is 2.61. The summed E-state index contributed by atoms with van der Waals surface area (Å²) in [5.41, 5.74) is 1.43. The molecule has 0 spiro atoms. The Kier molecular flexibility index (Phi) is 10.4. The van der Waals surface area contributed by atoms with Crippen molar-refractivity contribution >= 4 is 20.1 Å². The van der Waals surface area contributed by atoms with Crippen LogP contribution in [0.5, 0.6) is 5.75 Å². The molecule has 2 rings (SSSR count). The number of benzene rings is 1. The van der Waals surface area contributed by atoms with E-state index in [-0.39, 0.29) is 5.76 Å². The maximum Gasteiger partial charge on any atom is 0.365 e. The molecule has 0 radical (unpaired) electrons. The summed E-state index contributed by atoms with van der Waals surface area (Å²) in [5, 5.41) is 3.31. The van der Waals surface area contributed by atoms with E-state index < -0.39 is 8.25 Å². The summed E-state index contributed by atoms with van der Waals surface area (Å²) in [5.74, 6) is 0.985. The summed E-state index contributed by atoms with van der Waals surface area (Å²) in [6.07, 6.45) is 4.85. The Morgan fingerprint density at radius 2 is 1.89 bits per heavy atom. The topological polar surface area (TPSA) is 80.7 Å². The Balaban J connectivity index is 0.000000445. The van der Waals surface area contributed by atoms with Crippen molar-refractivity contribution in [3.63, 3.8) is 0 Å². The van der Waals surface area contributed by atoms with Gasteiger partial charge in [0, 0.05) is 30.0 Å². The molecule has 0 amide bonds. The molecule has 1 aromatic heterocycles. The van der Waals surface area contributed by atoms with Crippen molar-refractivity contribution < 1.29 is 18.7 Å². The SMILES string of the molecule is CC(C)NC(C)C.COc1cccc(/C=C(/O[PH](=O)O)c2cccnc2)c1. The summed E-state index contributed by atoms with van der Waals surface area (Å²) in [7, 11) is -1.52. The molecule has 0 aliphatic carbocycles. The van der Waals surface area contributed by atoms with Gasteiger partial charge in [-0.3, -0.25) is 4.98 Å². The molecule has 0 aliphatic rings. The molecule has 6 nitrogen and oxygen atoms in total. The average molecular weight is 392 g/mol. The third kappa shape index (κ3) is 9.94. The van der Waals surface area contributed by atoms with Crippen LogP contribution in [-0.2, 0) is 9.09 Å². The van der Waals surface area contributed by atoms with Crippen molar-refractivity contribution in [2.45, 2.75) is 39.8 Å². The number of nitrogens with one attached hydrogen (secondary N) is 1. The van der Waals surface area contributed by atoms with Gasteiger partial charge in [0.25, 0.3) is 0 Å². The number of hydrogen-bond donors (Lipinski definition) is 2. The molecule has 2 aromatic rings. The van der Waals surface area contributed by atoms with E-state index in [4.69, 9.17) is 14.2 Å². The molecule has 148 valence electrons. The van der Waals surface area contributed by atoms with Crippen LogP contribution in [0, 0.1) is 0 Å². The Hall–Kier alpha value is -2.14. The van der Waals surface area contributed by atoms with Gasteiger partial charge in [0.2, 0.25) is 0 Å². The highest BCUT2D eigenvalue weighted by atomic mass is 31.1. The van der Waals surface area contributed by atoms with Crippen LogP contribution in [0.3, 0.4) is 0 Å². The van der Waals surface area contributed by atoms with Crippen LogP contribution in [0.1, 0.15) is 38.8 Å². The van der Waals surface area contributed by atoms with Crippen molar-refractivity contribution in [3.05, 3.63) is 59.9 Å². The maximum absolute atomic E-state index is 11.0. The van der Waals surface area contributed by atoms with Gasteiger partial charge in [-0.2, -0.15) is 0 Å². The molecule has 1 aromatic carbocycles. The van der Waals surface area contributed by atoms with E-state index in [1.807, 2.05) is 18.2 Å². The van der Waals surface area contributed by atoms with Crippen LogP contribution >= 0.6 is 8.25 Å². The molecule has 7 heteroatoms. The molecule has 0 fully saturated rings. The molecule has 1 atom stereocenters. The Bertz CT molecular complexity index is 728. The Morgan fingerprint density at radius 3 is 2.37 bits per heavy atom. The predicted octanol–water partition coefficient (Wildman–Crippen LogP) is 4.38. The molecular formula is C20H29N2O4P. The number of nitrogens with zero attached hydrogens (tertiary/aromatic N) is 1. The second-order valence-electron chi connectivity index (χ2n) is 6.37. The lowest BCUT2D eigenvalue weighted by molar-refractivity contribution is 0.394. The van der Waals surface area contributed by atoms with Gasteiger partial charge in [-0.15, -0.1) is 0 Å². The van der Waals surface area contributed by atoms with Crippen LogP contribution in [0.15, 0.2) is 48.8 Å². The van der Waals surface area contributed by atoms with E-state index in [0.29, 0.717) is 23.4 Å². The third-order valence-corrected chi connectivity index (χ3v) is 3.60. The number of methoxy groups -OCH3 is 1. The Labute approximate surface area is 162 Å². The number of hydrogen-bond acceptors (Lipinski definition) is 5. The van der Waals surface area contributed by atoms with E-state index in [1.165, 1.54) is 0 Å². The summed E-state index contributed by atoms with van der Waals surface area (Å²) in [6, 6.07) is 12.0. The second-order valence-corrected chi connectivity index (χ2v) is 7.11. The number of rotatable bonds is 7. The summed E-state index contributed by atoms with van der Waals surface area (Å²) < 4.78 is 21.1. The highest BCUT2D eigenvalue weighted by Crippen LogP contribution is 2.29. The summed E-state index contributed by atoms with van der Waals surface area (Å²) in [4.78, 5) is 13.0. The molecule has 1 heterocycles. The van der Waals surface area contributed by atoms with Crippen molar-refractivity contribution in [2.24, 2.45) is 0 Å². The van der Waals surface area contributed by atoms with E-state index in [2.05, 4.69) is 38.0 Å². The van der Waals surface area contributed by atoms with E-state index in [0.717, 1.165) is 5.56 Å². The van der Waals surface area contributed by atoms with Gasteiger partial charge in [0.05, 0.1) is 7.11 Å². The normalized spacial score (nSPS) is 12.4. The first-order chi connectivity index (χ1) is 12.8. The number of pyridine rings is 1. The third-order valence-electron chi connectivity index (χ3n) is 3.20. The van der Waals surface area contributed by atoms with Crippen molar-refractivity contribution in [3.8, 4) is 5.75 Å². The van der Waals surface area contributed by atoms with Gasteiger partial charge in [0.1, 0.15) is 11.5 Å². The van der Waals surface area contributed by atoms with Crippen LogP contribution in [0.25, 0.3) is 11.8 Å². The van der Waals surface area contributed by atoms with Crippen molar-refractivity contribution in [1.82, 2.24) is 10.3 Å². The van der Waals surface area contributed by atoms with Crippen LogP contribution < -0.4 is 10.1 Å².